The molecule has 22 rings (SSSR count). The van der Waals surface area contributed by atoms with E-state index in [-0.39, 0.29) is 29.7 Å². The van der Waals surface area contributed by atoms with Crippen molar-refractivity contribution in [2.45, 2.75) is 84.0 Å². The third kappa shape index (κ3) is 10.3. The Hall–Kier alpha value is -13.2. The van der Waals surface area contributed by atoms with Gasteiger partial charge in [0.05, 0.1) is 16.8 Å². The van der Waals surface area contributed by atoms with Gasteiger partial charge in [-0.15, -0.1) is 0 Å². The Labute approximate surface area is 676 Å². The van der Waals surface area contributed by atoms with E-state index in [2.05, 4.69) is 429 Å². The van der Waals surface area contributed by atoms with Gasteiger partial charge in [0.1, 0.15) is 11.5 Å². The molecule has 2 aliphatic carbocycles. The molecule has 0 aromatic heterocycles. The third-order valence-corrected chi connectivity index (χ3v) is 25.7. The summed E-state index contributed by atoms with van der Waals surface area (Å²) in [5.41, 5.74) is 41.8. The molecule has 0 N–H and O–H groups in total. The van der Waals surface area contributed by atoms with Crippen LogP contribution in [0.2, 0.25) is 0 Å². The maximum atomic E-state index is 8.24. The molecule has 548 valence electrons. The molecule has 16 aromatic rings. The summed E-state index contributed by atoms with van der Waals surface area (Å²) in [7, 11) is 0. The van der Waals surface area contributed by atoms with Gasteiger partial charge in [-0.1, -0.05) is 335 Å². The largest absolute Gasteiger partial charge is 0.458 e. The molecule has 0 radical (unpaired) electrons. The minimum absolute atomic E-state index is 0.159. The van der Waals surface area contributed by atoms with Crippen LogP contribution in [0.5, 0.6) is 11.5 Å². The molecule has 4 nitrogen and oxygen atoms in total. The average Bonchev–Trinajstić information content (AvgIpc) is 1.36. The lowest BCUT2D eigenvalue weighted by molar-refractivity contribution is 0.488. The number of anilines is 9. The first-order chi connectivity index (χ1) is 56.0. The maximum absolute atomic E-state index is 8.24. The van der Waals surface area contributed by atoms with Gasteiger partial charge in [-0.2, -0.15) is 0 Å². The molecule has 0 saturated heterocycles. The quantitative estimate of drug-likeness (QED) is 0.141. The van der Waals surface area contributed by atoms with Gasteiger partial charge in [-0.3, -0.25) is 0 Å². The van der Waals surface area contributed by atoms with E-state index in [4.69, 9.17) is 4.74 Å². The summed E-state index contributed by atoms with van der Waals surface area (Å²) < 4.78 is 8.24. The molecular formula is C109H85B2N3O. The predicted molar refractivity (Wildman–Crippen MR) is 486 cm³/mol. The molecule has 4 aliphatic heterocycles. The van der Waals surface area contributed by atoms with Gasteiger partial charge in [0.15, 0.2) is 0 Å². The zero-order chi connectivity index (χ0) is 77.5. The van der Waals surface area contributed by atoms with E-state index < -0.39 is 5.41 Å². The zero-order valence-corrected chi connectivity index (χ0v) is 66.4. The average molecular weight is 1470 g/mol. The lowest BCUT2D eigenvalue weighted by Gasteiger charge is -2.47. The molecule has 16 aromatic carbocycles. The van der Waals surface area contributed by atoms with Crippen LogP contribution in [-0.2, 0) is 21.7 Å². The van der Waals surface area contributed by atoms with Crippen molar-refractivity contribution in [3.05, 3.63) is 391 Å². The van der Waals surface area contributed by atoms with Gasteiger partial charge >= 0.3 is 0 Å². The van der Waals surface area contributed by atoms with Crippen LogP contribution in [0.25, 0.3) is 77.9 Å². The first-order valence-corrected chi connectivity index (χ1v) is 40.9. The molecule has 0 amide bonds. The third-order valence-electron chi connectivity index (χ3n) is 25.7. The number of fused-ring (bicyclic) bond motifs is 18. The molecule has 0 fully saturated rings. The van der Waals surface area contributed by atoms with E-state index in [0.29, 0.717) is 0 Å². The molecular weight excluding hydrogens is 1390 g/mol. The summed E-state index contributed by atoms with van der Waals surface area (Å²) in [6, 6.07) is 134. The van der Waals surface area contributed by atoms with Crippen molar-refractivity contribution in [1.82, 2.24) is 0 Å². The van der Waals surface area contributed by atoms with Gasteiger partial charge in [-0.05, 0) is 216 Å². The number of para-hydroxylation sites is 3. The van der Waals surface area contributed by atoms with E-state index in [1.165, 1.54) is 117 Å². The van der Waals surface area contributed by atoms with E-state index in [1.807, 2.05) is 0 Å². The van der Waals surface area contributed by atoms with Gasteiger partial charge in [0.25, 0.3) is 13.4 Å². The molecule has 0 atom stereocenters. The summed E-state index contributed by atoms with van der Waals surface area (Å²) in [4.78, 5) is 7.92. The number of ether oxygens (including phenoxy) is 1. The topological polar surface area (TPSA) is 19.0 Å². The number of benzene rings is 16. The van der Waals surface area contributed by atoms with E-state index in [1.54, 1.807) is 0 Å². The summed E-state index contributed by atoms with van der Waals surface area (Å²) in [6.45, 7) is 20.7. The lowest BCUT2D eigenvalue weighted by atomic mass is 9.30. The summed E-state index contributed by atoms with van der Waals surface area (Å²) in [5.74, 6) is 1.68. The summed E-state index contributed by atoms with van der Waals surface area (Å²) in [6.07, 6.45) is 0. The van der Waals surface area contributed by atoms with Crippen molar-refractivity contribution in [2.75, 3.05) is 14.7 Å². The Balaban J connectivity index is 0.842. The molecule has 4 heterocycles. The molecule has 0 bridgehead atoms. The SMILES string of the molecule is CC(C)(C)c1cc(-c2ccccc2)c(N2c3ccccc3B3c4cc5c(cc4Oc4cc(-c6cccc7c6C6(c8ccccc8-c8ccccc86)c6ccccc6-7)cc2c43)N(c2ccccc2)c2cc(C(C)(C)C)cc3c2B5c2ccccc2N3c2c(-c3ccccc3)cc(C(C)(C)C)cc2-c2ccccc2)c(-c2ccccc2)c1. The molecule has 6 heteroatoms. The minimum atomic E-state index is -0.627. The van der Waals surface area contributed by atoms with Crippen LogP contribution in [0.3, 0.4) is 0 Å². The lowest BCUT2D eigenvalue weighted by Crippen LogP contribution is -2.64. The molecule has 1 spiro atoms. The number of rotatable bonds is 8. The highest BCUT2D eigenvalue weighted by Crippen LogP contribution is 2.65. The molecule has 0 unspecified atom stereocenters. The van der Waals surface area contributed by atoms with Gasteiger partial charge in [0.2, 0.25) is 0 Å². The van der Waals surface area contributed by atoms with E-state index in [0.717, 1.165) is 95.7 Å². The van der Waals surface area contributed by atoms with Crippen LogP contribution in [0.1, 0.15) is 101 Å². The predicted octanol–water partition coefficient (Wildman–Crippen LogP) is 24.7. The smallest absolute Gasteiger partial charge is 0.256 e. The second-order valence-corrected chi connectivity index (χ2v) is 35.4. The second-order valence-electron chi connectivity index (χ2n) is 35.4. The first-order valence-electron chi connectivity index (χ1n) is 40.9. The fraction of sp³-hybridized carbons (Fsp3) is 0.119. The Morgan fingerprint density at radius 1 is 0.243 bits per heavy atom. The van der Waals surface area contributed by atoms with Crippen molar-refractivity contribution in [3.8, 4) is 89.4 Å². The fourth-order valence-electron chi connectivity index (χ4n) is 20.4. The Morgan fingerprint density at radius 2 is 0.609 bits per heavy atom. The molecule has 0 saturated carbocycles. The highest BCUT2D eigenvalue weighted by atomic mass is 16.5. The highest BCUT2D eigenvalue weighted by Gasteiger charge is 2.54. The second kappa shape index (κ2) is 25.4. The van der Waals surface area contributed by atoms with Crippen molar-refractivity contribution in [3.63, 3.8) is 0 Å². The normalized spacial score (nSPS) is 14.0. The van der Waals surface area contributed by atoms with Gasteiger partial charge < -0.3 is 19.4 Å². The standard InChI is InChI=1S/C109H85B2N3O/c1-106(2,3)73-60-82(68-36-15-10-16-37-68)104(83(61-73)69-38-17-11-18-39-69)113-94-57-34-32-55-90(94)111-92-66-91-95(67-99(92)115-100-59-72(58-96(113)103(100)111)77-49-35-50-81-80-48-27-30-53-88(80)109(101(77)81)86-51-28-25-46-78(86)79-47-26-29-52-87(79)109)112(76-44-23-14-24-45-76)97-64-75(108(7,8)9)65-98-102(97)110(91)89-54-31-33-56-93(89)114(98)105-84(70-40-19-12-20-41-70)62-74(107(4,5)6)63-85(105)71-42-21-13-22-43-71/h10-67H,1-9H3. The molecule has 6 aliphatic rings. The summed E-state index contributed by atoms with van der Waals surface area (Å²) in [5, 5.41) is 0. The number of hydrogen-bond acceptors (Lipinski definition) is 4. The van der Waals surface area contributed by atoms with Crippen LogP contribution >= 0.6 is 0 Å². The number of hydrogen-bond donors (Lipinski definition) is 0. The molecule has 115 heavy (non-hydrogen) atoms. The van der Waals surface area contributed by atoms with Crippen molar-refractivity contribution >= 4 is 97.4 Å². The van der Waals surface area contributed by atoms with Crippen LogP contribution in [0.15, 0.2) is 352 Å². The maximum Gasteiger partial charge on any atom is 0.256 e. The van der Waals surface area contributed by atoms with Gasteiger partial charge in [-0.25, -0.2) is 0 Å². The van der Waals surface area contributed by atoms with Crippen molar-refractivity contribution in [1.29, 1.82) is 0 Å². The van der Waals surface area contributed by atoms with E-state index in [9.17, 15) is 0 Å². The highest BCUT2D eigenvalue weighted by molar-refractivity contribution is 7.02. The Bertz CT molecular complexity index is 6520. The monoisotopic (exact) mass is 1470 g/mol. The van der Waals surface area contributed by atoms with Crippen LogP contribution in [0, 0.1) is 0 Å². The van der Waals surface area contributed by atoms with Crippen LogP contribution in [-0.4, -0.2) is 13.4 Å². The van der Waals surface area contributed by atoms with Crippen LogP contribution in [0.4, 0.5) is 51.2 Å². The fourth-order valence-corrected chi connectivity index (χ4v) is 20.4. The first kappa shape index (κ1) is 68.6. The Kier molecular flexibility index (Phi) is 15.2. The van der Waals surface area contributed by atoms with Gasteiger partial charge in [0, 0.05) is 68.1 Å². The summed E-state index contributed by atoms with van der Waals surface area (Å²) >= 11 is 0. The number of nitrogens with zero attached hydrogens (tertiary/aromatic N) is 3. The minimum Gasteiger partial charge on any atom is -0.458 e. The van der Waals surface area contributed by atoms with Crippen molar-refractivity contribution in [2.24, 2.45) is 0 Å². The van der Waals surface area contributed by atoms with Crippen LogP contribution < -0.4 is 52.2 Å². The Morgan fingerprint density at radius 3 is 1.07 bits per heavy atom. The van der Waals surface area contributed by atoms with Crippen molar-refractivity contribution < 1.29 is 4.74 Å². The van der Waals surface area contributed by atoms with E-state index >= 15 is 0 Å². The zero-order valence-electron chi connectivity index (χ0n) is 66.4.